The molecule has 2 aromatic rings. The van der Waals surface area contributed by atoms with E-state index in [4.69, 9.17) is 5.73 Å². The summed E-state index contributed by atoms with van der Waals surface area (Å²) in [6.07, 6.45) is 2.96. The number of hydrogen-bond donors (Lipinski definition) is 2. The molecule has 20 heavy (non-hydrogen) atoms. The lowest BCUT2D eigenvalue weighted by Gasteiger charge is -2.05. The highest BCUT2D eigenvalue weighted by atomic mass is 19.1. The van der Waals surface area contributed by atoms with Crippen molar-refractivity contribution in [2.45, 2.75) is 0 Å². The fraction of sp³-hybridized carbons (Fsp3) is 0.143. The van der Waals surface area contributed by atoms with Gasteiger partial charge in [-0.3, -0.25) is 9.48 Å². The van der Waals surface area contributed by atoms with E-state index in [1.807, 2.05) is 0 Å². The van der Waals surface area contributed by atoms with Crippen LogP contribution in [0.5, 0.6) is 0 Å². The molecule has 1 amide bonds. The Kier molecular flexibility index (Phi) is 4.13. The summed E-state index contributed by atoms with van der Waals surface area (Å²) in [6.45, 7) is 0.209. The zero-order valence-electron chi connectivity index (χ0n) is 10.9. The number of rotatable bonds is 2. The van der Waals surface area contributed by atoms with Crippen molar-refractivity contribution < 1.29 is 9.18 Å². The second kappa shape index (κ2) is 5.99. The number of halogens is 1. The van der Waals surface area contributed by atoms with Gasteiger partial charge >= 0.3 is 0 Å². The molecule has 5 nitrogen and oxygen atoms in total. The lowest BCUT2D eigenvalue weighted by Crippen LogP contribution is -2.12. The molecule has 1 aromatic carbocycles. The Labute approximate surface area is 115 Å². The largest absolute Gasteiger partial charge is 0.320 e. The van der Waals surface area contributed by atoms with Crippen LogP contribution in [-0.4, -0.2) is 22.2 Å². The van der Waals surface area contributed by atoms with Crippen molar-refractivity contribution in [2.75, 3.05) is 11.9 Å². The number of hydrogen-bond acceptors (Lipinski definition) is 3. The van der Waals surface area contributed by atoms with Gasteiger partial charge in [0.15, 0.2) is 0 Å². The first kappa shape index (κ1) is 13.8. The predicted octanol–water partition coefficient (Wildman–Crippen LogP) is 1.12. The number of benzene rings is 1. The molecular formula is C14H13FN4O. The molecule has 0 aliphatic carbocycles. The maximum absolute atomic E-state index is 13.8. The molecule has 0 radical (unpaired) electrons. The Bertz CT molecular complexity index is 697. The van der Waals surface area contributed by atoms with Crippen molar-refractivity contribution in [1.82, 2.24) is 9.78 Å². The average molecular weight is 272 g/mol. The normalized spacial score (nSPS) is 9.75. The van der Waals surface area contributed by atoms with Crippen molar-refractivity contribution in [3.8, 4) is 11.8 Å². The Morgan fingerprint density at radius 3 is 2.95 bits per heavy atom. The highest BCUT2D eigenvalue weighted by Gasteiger charge is 2.11. The Hall–Kier alpha value is -2.65. The second-order valence-corrected chi connectivity index (χ2v) is 4.06. The standard InChI is InChI=1S/C14H13FN4O/c1-19-9-11(8-17-19)14(20)18-13-5-4-10(3-2-6-16)7-12(13)15/h4-5,7-9H,6,16H2,1H3,(H,18,20). The molecule has 0 spiro atoms. The second-order valence-electron chi connectivity index (χ2n) is 4.06. The maximum atomic E-state index is 13.8. The van der Waals surface area contributed by atoms with Crippen LogP contribution < -0.4 is 11.1 Å². The summed E-state index contributed by atoms with van der Waals surface area (Å²) in [5.74, 6) is 4.38. The highest BCUT2D eigenvalue weighted by Crippen LogP contribution is 2.16. The third-order valence-electron chi connectivity index (χ3n) is 2.52. The molecule has 0 saturated heterocycles. The molecule has 1 heterocycles. The van der Waals surface area contributed by atoms with E-state index < -0.39 is 11.7 Å². The maximum Gasteiger partial charge on any atom is 0.258 e. The number of carbonyl (C=O) groups is 1. The summed E-state index contributed by atoms with van der Waals surface area (Å²) in [6, 6.07) is 4.33. The Balaban J connectivity index is 2.16. The van der Waals surface area contributed by atoms with E-state index in [0.29, 0.717) is 11.1 Å². The molecule has 0 unspecified atom stereocenters. The van der Waals surface area contributed by atoms with Crippen LogP contribution in [0.2, 0.25) is 0 Å². The molecule has 0 saturated carbocycles. The minimum atomic E-state index is -0.550. The van der Waals surface area contributed by atoms with Crippen LogP contribution in [0.25, 0.3) is 0 Å². The molecule has 1 aromatic heterocycles. The van der Waals surface area contributed by atoms with Gasteiger partial charge in [-0.25, -0.2) is 4.39 Å². The Morgan fingerprint density at radius 2 is 2.35 bits per heavy atom. The van der Waals surface area contributed by atoms with E-state index in [9.17, 15) is 9.18 Å². The van der Waals surface area contributed by atoms with Crippen molar-refractivity contribution in [1.29, 1.82) is 0 Å². The minimum Gasteiger partial charge on any atom is -0.320 e. The van der Waals surface area contributed by atoms with Gasteiger partial charge in [-0.15, -0.1) is 0 Å². The molecular weight excluding hydrogens is 259 g/mol. The molecule has 3 N–H and O–H groups in total. The van der Waals surface area contributed by atoms with Gasteiger partial charge in [0.1, 0.15) is 5.82 Å². The number of carbonyl (C=O) groups excluding carboxylic acids is 1. The van der Waals surface area contributed by atoms with Gasteiger partial charge < -0.3 is 11.1 Å². The van der Waals surface area contributed by atoms with Gasteiger partial charge in [-0.05, 0) is 18.2 Å². The zero-order valence-corrected chi connectivity index (χ0v) is 10.9. The zero-order chi connectivity index (χ0) is 14.5. The summed E-state index contributed by atoms with van der Waals surface area (Å²) in [5.41, 5.74) is 6.21. The summed E-state index contributed by atoms with van der Waals surface area (Å²) >= 11 is 0. The van der Waals surface area contributed by atoms with Gasteiger partial charge in [0.25, 0.3) is 5.91 Å². The number of nitrogens with two attached hydrogens (primary N) is 1. The summed E-state index contributed by atoms with van der Waals surface area (Å²) in [4.78, 5) is 11.9. The summed E-state index contributed by atoms with van der Waals surface area (Å²) in [7, 11) is 1.70. The predicted molar refractivity (Wildman–Crippen MR) is 73.5 cm³/mol. The molecule has 0 atom stereocenters. The van der Waals surface area contributed by atoms with Crippen LogP contribution in [0.15, 0.2) is 30.6 Å². The Morgan fingerprint density at radius 1 is 1.55 bits per heavy atom. The summed E-state index contributed by atoms with van der Waals surface area (Å²) < 4.78 is 15.3. The third kappa shape index (κ3) is 3.22. The van der Waals surface area contributed by atoms with Crippen molar-refractivity contribution in [2.24, 2.45) is 12.8 Å². The molecule has 0 aliphatic rings. The number of amides is 1. The van der Waals surface area contributed by atoms with Gasteiger partial charge in [-0.2, -0.15) is 5.10 Å². The fourth-order valence-corrected chi connectivity index (χ4v) is 1.58. The van der Waals surface area contributed by atoms with Gasteiger partial charge in [0, 0.05) is 18.8 Å². The quantitative estimate of drug-likeness (QED) is 0.805. The smallest absolute Gasteiger partial charge is 0.258 e. The van der Waals surface area contributed by atoms with E-state index in [0.717, 1.165) is 0 Å². The highest BCUT2D eigenvalue weighted by molar-refractivity contribution is 6.04. The SMILES string of the molecule is Cn1cc(C(=O)Nc2ccc(C#CCN)cc2F)cn1. The number of aromatic nitrogens is 2. The minimum absolute atomic E-state index is 0.0946. The van der Waals surface area contributed by atoms with E-state index >= 15 is 0 Å². The molecule has 2 rings (SSSR count). The van der Waals surface area contributed by atoms with Crippen LogP contribution >= 0.6 is 0 Å². The van der Waals surface area contributed by atoms with E-state index in [-0.39, 0.29) is 12.2 Å². The lowest BCUT2D eigenvalue weighted by atomic mass is 10.2. The number of aryl methyl sites for hydroxylation is 1. The first-order valence-corrected chi connectivity index (χ1v) is 5.88. The molecule has 102 valence electrons. The van der Waals surface area contributed by atoms with Crippen LogP contribution in [0.4, 0.5) is 10.1 Å². The van der Waals surface area contributed by atoms with E-state index in [2.05, 4.69) is 22.3 Å². The number of anilines is 1. The average Bonchev–Trinajstić information content (AvgIpc) is 2.86. The molecule has 0 bridgehead atoms. The molecule has 6 heteroatoms. The van der Waals surface area contributed by atoms with Crippen molar-refractivity contribution >= 4 is 11.6 Å². The van der Waals surface area contributed by atoms with Gasteiger partial charge in [-0.1, -0.05) is 11.8 Å². The van der Waals surface area contributed by atoms with Gasteiger partial charge in [0.05, 0.1) is 24.0 Å². The topological polar surface area (TPSA) is 72.9 Å². The van der Waals surface area contributed by atoms with Crippen LogP contribution in [-0.2, 0) is 7.05 Å². The van der Waals surface area contributed by atoms with Crippen LogP contribution in [0, 0.1) is 17.7 Å². The molecule has 0 fully saturated rings. The lowest BCUT2D eigenvalue weighted by molar-refractivity contribution is 0.102. The summed E-state index contributed by atoms with van der Waals surface area (Å²) in [5, 5.41) is 6.36. The van der Waals surface area contributed by atoms with E-state index in [1.165, 1.54) is 23.0 Å². The third-order valence-corrected chi connectivity index (χ3v) is 2.52. The number of nitrogens with one attached hydrogen (secondary N) is 1. The van der Waals surface area contributed by atoms with Crippen molar-refractivity contribution in [3.05, 3.63) is 47.5 Å². The van der Waals surface area contributed by atoms with Crippen LogP contribution in [0.3, 0.4) is 0 Å². The van der Waals surface area contributed by atoms with Crippen LogP contribution in [0.1, 0.15) is 15.9 Å². The van der Waals surface area contributed by atoms with Gasteiger partial charge in [0.2, 0.25) is 0 Å². The first-order chi connectivity index (χ1) is 9.60. The fourth-order valence-electron chi connectivity index (χ4n) is 1.58. The monoisotopic (exact) mass is 272 g/mol. The molecule has 0 aliphatic heterocycles. The first-order valence-electron chi connectivity index (χ1n) is 5.88. The number of nitrogens with zero attached hydrogens (tertiary/aromatic N) is 2. The van der Waals surface area contributed by atoms with E-state index in [1.54, 1.807) is 19.3 Å². The van der Waals surface area contributed by atoms with Crippen molar-refractivity contribution in [3.63, 3.8) is 0 Å².